The van der Waals surface area contributed by atoms with Crippen molar-refractivity contribution >= 4 is 12.0 Å². The van der Waals surface area contributed by atoms with Crippen LogP contribution in [0.1, 0.15) is 12.5 Å². The summed E-state index contributed by atoms with van der Waals surface area (Å²) in [5.74, 6) is -2.45. The maximum absolute atomic E-state index is 12.1. The summed E-state index contributed by atoms with van der Waals surface area (Å²) in [6.07, 6.45) is -0.906. The van der Waals surface area contributed by atoms with Gasteiger partial charge in [0.2, 0.25) is 5.91 Å². The van der Waals surface area contributed by atoms with Gasteiger partial charge in [0.25, 0.3) is 5.72 Å². The smallest absolute Gasteiger partial charge is 0.386 e. The molecule has 7 heteroatoms. The van der Waals surface area contributed by atoms with Gasteiger partial charge in [-0.2, -0.15) is 0 Å². The number of cyclic esters (lactones) is 1. The van der Waals surface area contributed by atoms with Crippen LogP contribution in [-0.2, 0) is 29.5 Å². The zero-order valence-corrected chi connectivity index (χ0v) is 12.3. The fourth-order valence-electron chi connectivity index (χ4n) is 2.59. The fourth-order valence-corrected chi connectivity index (χ4v) is 2.59. The van der Waals surface area contributed by atoms with Crippen LogP contribution in [0.15, 0.2) is 30.3 Å². The molecule has 0 radical (unpaired) electrons. The number of methoxy groups -OCH3 is 3. The second-order valence-corrected chi connectivity index (χ2v) is 4.40. The van der Waals surface area contributed by atoms with Crippen LogP contribution in [-0.4, -0.2) is 44.2 Å². The molecule has 0 saturated carbocycles. The van der Waals surface area contributed by atoms with Crippen molar-refractivity contribution in [3.63, 3.8) is 0 Å². The molecule has 0 aromatic heterocycles. The number of rotatable bonds is 4. The van der Waals surface area contributed by atoms with Crippen LogP contribution in [0, 0.1) is 0 Å². The van der Waals surface area contributed by atoms with Crippen molar-refractivity contribution in [3.05, 3.63) is 35.9 Å². The molecular formula is C14H17NO6. The lowest BCUT2D eigenvalue weighted by Gasteiger charge is -2.41. The van der Waals surface area contributed by atoms with Crippen molar-refractivity contribution in [1.29, 1.82) is 0 Å². The van der Waals surface area contributed by atoms with Gasteiger partial charge in [0.1, 0.15) is 0 Å². The first-order chi connectivity index (χ1) is 9.99. The van der Waals surface area contributed by atoms with Gasteiger partial charge in [-0.05, 0) is 0 Å². The molecule has 1 heterocycles. The lowest BCUT2D eigenvalue weighted by molar-refractivity contribution is -0.406. The van der Waals surface area contributed by atoms with Crippen LogP contribution in [0.4, 0.5) is 4.79 Å². The summed E-state index contributed by atoms with van der Waals surface area (Å²) in [4.78, 5) is 24.9. The number of imide groups is 1. The molecule has 0 N–H and O–H groups in total. The van der Waals surface area contributed by atoms with E-state index < -0.39 is 23.7 Å². The van der Waals surface area contributed by atoms with Gasteiger partial charge in [-0.25, -0.2) is 9.69 Å². The summed E-state index contributed by atoms with van der Waals surface area (Å²) < 4.78 is 21.3. The molecule has 114 valence electrons. The van der Waals surface area contributed by atoms with Crippen molar-refractivity contribution in [2.24, 2.45) is 0 Å². The van der Waals surface area contributed by atoms with E-state index in [-0.39, 0.29) is 0 Å². The van der Waals surface area contributed by atoms with Crippen LogP contribution >= 0.6 is 0 Å². The monoisotopic (exact) mass is 295 g/mol. The van der Waals surface area contributed by atoms with Gasteiger partial charge in [-0.1, -0.05) is 30.3 Å². The first kappa shape index (κ1) is 15.4. The van der Waals surface area contributed by atoms with Crippen LogP contribution in [0.2, 0.25) is 0 Å². The average Bonchev–Trinajstić information content (AvgIpc) is 2.77. The Hall–Kier alpha value is -1.96. The largest absolute Gasteiger partial charge is 0.423 e. The Morgan fingerprint density at radius 1 is 1.10 bits per heavy atom. The van der Waals surface area contributed by atoms with Crippen molar-refractivity contribution in [1.82, 2.24) is 4.90 Å². The topological polar surface area (TPSA) is 74.3 Å². The second kappa shape index (κ2) is 5.44. The Morgan fingerprint density at radius 2 is 1.67 bits per heavy atom. The molecule has 0 spiro atoms. The minimum absolute atomic E-state index is 0.484. The molecule has 1 aromatic carbocycles. The number of nitrogens with zero attached hydrogens (tertiary/aromatic N) is 1. The summed E-state index contributed by atoms with van der Waals surface area (Å²) in [5.41, 5.74) is -1.20. The normalized spacial score (nSPS) is 24.0. The van der Waals surface area contributed by atoms with Crippen LogP contribution in [0.5, 0.6) is 0 Å². The molecule has 1 unspecified atom stereocenters. The summed E-state index contributed by atoms with van der Waals surface area (Å²) in [5, 5.41) is 0. The van der Waals surface area contributed by atoms with Crippen LogP contribution in [0.25, 0.3) is 0 Å². The van der Waals surface area contributed by atoms with Gasteiger partial charge < -0.3 is 18.9 Å². The molecule has 0 bridgehead atoms. The van der Waals surface area contributed by atoms with Gasteiger partial charge in [0.05, 0.1) is 0 Å². The van der Waals surface area contributed by atoms with Crippen LogP contribution < -0.4 is 0 Å². The quantitative estimate of drug-likeness (QED) is 0.782. The number of carbonyl (C=O) groups is 2. The minimum atomic E-state index is -1.90. The zero-order valence-electron chi connectivity index (χ0n) is 12.3. The first-order valence-electron chi connectivity index (χ1n) is 6.24. The molecule has 21 heavy (non-hydrogen) atoms. The van der Waals surface area contributed by atoms with E-state index in [2.05, 4.69) is 0 Å². The molecule has 2 rings (SSSR count). The predicted octanol–water partition coefficient (Wildman–Crippen LogP) is 1.43. The van der Waals surface area contributed by atoms with Gasteiger partial charge >= 0.3 is 12.1 Å². The van der Waals surface area contributed by atoms with E-state index in [1.165, 1.54) is 28.3 Å². The number of ether oxygens (including phenoxy) is 4. The summed E-state index contributed by atoms with van der Waals surface area (Å²) in [6, 6.07) is 8.66. The third-order valence-corrected chi connectivity index (χ3v) is 3.45. The predicted molar refractivity (Wildman–Crippen MR) is 70.9 cm³/mol. The number of benzene rings is 1. The van der Waals surface area contributed by atoms with E-state index in [9.17, 15) is 9.59 Å². The van der Waals surface area contributed by atoms with E-state index >= 15 is 0 Å². The molecule has 1 aromatic rings. The third-order valence-electron chi connectivity index (χ3n) is 3.45. The van der Waals surface area contributed by atoms with Gasteiger partial charge in [-0.3, -0.25) is 4.79 Å². The van der Waals surface area contributed by atoms with E-state index in [0.717, 1.165) is 4.90 Å². The Labute approximate surface area is 122 Å². The zero-order chi connectivity index (χ0) is 15.7. The SMILES string of the molecule is COC1(OC)OC(=O)N(C(C)=O)C1(OC)c1ccccc1. The number of hydrogen-bond donors (Lipinski definition) is 0. The molecule has 1 aliphatic heterocycles. The summed E-state index contributed by atoms with van der Waals surface area (Å²) >= 11 is 0. The van der Waals surface area contributed by atoms with Gasteiger partial charge in [-0.15, -0.1) is 0 Å². The lowest BCUT2D eigenvalue weighted by atomic mass is 9.98. The Bertz CT molecular complexity index is 542. The van der Waals surface area contributed by atoms with E-state index in [0.29, 0.717) is 5.56 Å². The van der Waals surface area contributed by atoms with E-state index in [4.69, 9.17) is 18.9 Å². The molecule has 7 nitrogen and oxygen atoms in total. The maximum atomic E-state index is 12.1. The standard InChI is InChI=1S/C14H17NO6/c1-10(16)15-12(17)21-14(19-3,20-4)13(15,18-2)11-8-6-5-7-9-11/h5-9H,1-4H3. The van der Waals surface area contributed by atoms with E-state index in [1.54, 1.807) is 30.3 Å². The van der Waals surface area contributed by atoms with Crippen molar-refractivity contribution in [2.45, 2.75) is 18.6 Å². The minimum Gasteiger partial charge on any atom is -0.386 e. The Morgan fingerprint density at radius 3 is 2.10 bits per heavy atom. The average molecular weight is 295 g/mol. The summed E-state index contributed by atoms with van der Waals surface area (Å²) in [7, 11) is 3.95. The highest BCUT2D eigenvalue weighted by Crippen LogP contribution is 2.48. The Kier molecular flexibility index (Phi) is 3.99. The lowest BCUT2D eigenvalue weighted by Crippen LogP contribution is -2.60. The van der Waals surface area contributed by atoms with Crippen LogP contribution in [0.3, 0.4) is 0 Å². The van der Waals surface area contributed by atoms with Crippen molar-refractivity contribution in [2.75, 3.05) is 21.3 Å². The molecular weight excluding hydrogens is 278 g/mol. The van der Waals surface area contributed by atoms with Crippen molar-refractivity contribution < 1.29 is 28.5 Å². The highest BCUT2D eigenvalue weighted by atomic mass is 16.9. The highest BCUT2D eigenvalue weighted by Gasteiger charge is 2.71. The van der Waals surface area contributed by atoms with E-state index in [1.807, 2.05) is 0 Å². The molecule has 1 atom stereocenters. The molecule has 1 fully saturated rings. The van der Waals surface area contributed by atoms with Gasteiger partial charge in [0.15, 0.2) is 0 Å². The third kappa shape index (κ3) is 1.93. The number of carbonyl (C=O) groups excluding carboxylic acids is 2. The molecule has 1 aliphatic rings. The maximum Gasteiger partial charge on any atom is 0.423 e. The van der Waals surface area contributed by atoms with Gasteiger partial charge in [0, 0.05) is 33.8 Å². The number of hydrogen-bond acceptors (Lipinski definition) is 6. The number of amides is 2. The Balaban J connectivity index is 2.75. The first-order valence-corrected chi connectivity index (χ1v) is 6.24. The highest BCUT2D eigenvalue weighted by molar-refractivity contribution is 5.93. The van der Waals surface area contributed by atoms with Crippen molar-refractivity contribution in [3.8, 4) is 0 Å². The second-order valence-electron chi connectivity index (χ2n) is 4.40. The molecule has 0 aliphatic carbocycles. The molecule has 2 amide bonds. The summed E-state index contributed by atoms with van der Waals surface area (Å²) in [6.45, 7) is 1.24. The fraction of sp³-hybridized carbons (Fsp3) is 0.429. The molecule has 1 saturated heterocycles.